The lowest BCUT2D eigenvalue weighted by atomic mass is 10.2. The van der Waals surface area contributed by atoms with E-state index in [0.717, 1.165) is 6.54 Å². The van der Waals surface area contributed by atoms with Gasteiger partial charge in [-0.15, -0.1) is 0 Å². The second-order valence-corrected chi connectivity index (χ2v) is 4.05. The highest BCUT2D eigenvalue weighted by Crippen LogP contribution is 2.00. The maximum atomic E-state index is 8.96. The summed E-state index contributed by atoms with van der Waals surface area (Å²) in [4.78, 5) is 2.09. The van der Waals surface area contributed by atoms with Gasteiger partial charge in [-0.25, -0.2) is 0 Å². The van der Waals surface area contributed by atoms with Gasteiger partial charge in [0.2, 0.25) is 0 Å². The number of benzene rings is 1. The van der Waals surface area contributed by atoms with Crippen LogP contribution in [0.4, 0.5) is 0 Å². The lowest BCUT2D eigenvalue weighted by molar-refractivity contribution is 0.0777. The number of rotatable bonds is 7. The van der Waals surface area contributed by atoms with Crippen LogP contribution in [0.2, 0.25) is 0 Å². The number of likely N-dealkylation sites (N-methyl/N-ethyl adjacent to an activating group) is 1. The third kappa shape index (κ3) is 4.75. The maximum absolute atomic E-state index is 8.96. The van der Waals surface area contributed by atoms with E-state index in [4.69, 9.17) is 9.84 Å². The van der Waals surface area contributed by atoms with Crippen molar-refractivity contribution in [3.63, 3.8) is 0 Å². The van der Waals surface area contributed by atoms with Crippen LogP contribution >= 0.6 is 0 Å². The third-order valence-corrected chi connectivity index (χ3v) is 2.72. The highest BCUT2D eigenvalue weighted by molar-refractivity contribution is 5.13. The lowest BCUT2D eigenvalue weighted by Gasteiger charge is -2.22. The van der Waals surface area contributed by atoms with Gasteiger partial charge in [-0.3, -0.25) is 4.90 Å². The van der Waals surface area contributed by atoms with Gasteiger partial charge in [0.1, 0.15) is 0 Å². The van der Waals surface area contributed by atoms with Crippen molar-refractivity contribution in [2.45, 2.75) is 19.6 Å². The third-order valence-electron chi connectivity index (χ3n) is 2.72. The standard InChI is InChI=1S/C13H21NO2/c1-12(10-15)14(2)8-9-16-11-13-6-4-3-5-7-13/h3-7,12,15H,8-11H2,1-2H3. The summed E-state index contributed by atoms with van der Waals surface area (Å²) in [6.45, 7) is 4.37. The van der Waals surface area contributed by atoms with E-state index in [1.807, 2.05) is 32.2 Å². The molecule has 0 aliphatic carbocycles. The fourth-order valence-electron chi connectivity index (χ4n) is 1.33. The van der Waals surface area contributed by atoms with E-state index in [-0.39, 0.29) is 12.6 Å². The molecule has 0 bridgehead atoms. The van der Waals surface area contributed by atoms with Gasteiger partial charge in [0.15, 0.2) is 0 Å². The Balaban J connectivity index is 2.13. The van der Waals surface area contributed by atoms with Gasteiger partial charge in [0.25, 0.3) is 0 Å². The first-order valence-corrected chi connectivity index (χ1v) is 5.67. The molecule has 90 valence electrons. The molecular formula is C13H21NO2. The molecule has 3 nitrogen and oxygen atoms in total. The summed E-state index contributed by atoms with van der Waals surface area (Å²) in [6.07, 6.45) is 0. The summed E-state index contributed by atoms with van der Waals surface area (Å²) in [5, 5.41) is 8.96. The molecule has 0 spiro atoms. The molecule has 0 aliphatic rings. The zero-order valence-corrected chi connectivity index (χ0v) is 10.1. The largest absolute Gasteiger partial charge is 0.395 e. The maximum Gasteiger partial charge on any atom is 0.0717 e. The molecule has 1 rings (SSSR count). The van der Waals surface area contributed by atoms with Crippen LogP contribution in [0.3, 0.4) is 0 Å². The quantitative estimate of drug-likeness (QED) is 0.711. The Labute approximate surface area is 97.7 Å². The Bertz CT molecular complexity index is 277. The summed E-state index contributed by atoms with van der Waals surface area (Å²) in [7, 11) is 1.99. The molecule has 0 fully saturated rings. The fraction of sp³-hybridized carbons (Fsp3) is 0.538. The first kappa shape index (κ1) is 13.2. The number of aliphatic hydroxyl groups is 1. The van der Waals surface area contributed by atoms with Crippen molar-refractivity contribution in [3.8, 4) is 0 Å². The van der Waals surface area contributed by atoms with Crippen molar-refractivity contribution in [2.24, 2.45) is 0 Å². The topological polar surface area (TPSA) is 32.7 Å². The Morgan fingerprint density at radius 2 is 2.00 bits per heavy atom. The average Bonchev–Trinajstić information content (AvgIpc) is 2.34. The second-order valence-electron chi connectivity index (χ2n) is 4.05. The van der Waals surface area contributed by atoms with Crippen LogP contribution in [-0.4, -0.2) is 42.9 Å². The summed E-state index contributed by atoms with van der Waals surface area (Å²) in [5.41, 5.74) is 1.19. The Kier molecular flexibility index (Phi) is 6.08. The van der Waals surface area contributed by atoms with Gasteiger partial charge < -0.3 is 9.84 Å². The van der Waals surface area contributed by atoms with Crippen molar-refractivity contribution in [1.82, 2.24) is 4.90 Å². The molecule has 1 atom stereocenters. The van der Waals surface area contributed by atoms with Crippen molar-refractivity contribution >= 4 is 0 Å². The van der Waals surface area contributed by atoms with E-state index in [1.165, 1.54) is 5.56 Å². The average molecular weight is 223 g/mol. The van der Waals surface area contributed by atoms with Gasteiger partial charge in [-0.2, -0.15) is 0 Å². The van der Waals surface area contributed by atoms with Crippen LogP contribution in [0.1, 0.15) is 12.5 Å². The van der Waals surface area contributed by atoms with Crippen molar-refractivity contribution in [1.29, 1.82) is 0 Å². The van der Waals surface area contributed by atoms with Crippen molar-refractivity contribution in [2.75, 3.05) is 26.8 Å². The highest BCUT2D eigenvalue weighted by atomic mass is 16.5. The molecule has 1 N–H and O–H groups in total. The van der Waals surface area contributed by atoms with Gasteiger partial charge in [-0.1, -0.05) is 30.3 Å². The summed E-state index contributed by atoms with van der Waals surface area (Å²) < 4.78 is 5.56. The van der Waals surface area contributed by atoms with E-state index in [9.17, 15) is 0 Å². The van der Waals surface area contributed by atoms with Gasteiger partial charge in [-0.05, 0) is 19.5 Å². The molecular weight excluding hydrogens is 202 g/mol. The molecule has 0 saturated heterocycles. The van der Waals surface area contributed by atoms with E-state index >= 15 is 0 Å². The van der Waals surface area contributed by atoms with Gasteiger partial charge in [0, 0.05) is 12.6 Å². The number of hydrogen-bond donors (Lipinski definition) is 1. The first-order valence-electron chi connectivity index (χ1n) is 5.67. The highest BCUT2D eigenvalue weighted by Gasteiger charge is 2.06. The number of ether oxygens (including phenoxy) is 1. The Morgan fingerprint density at radius 3 is 2.62 bits per heavy atom. The SMILES string of the molecule is CC(CO)N(C)CCOCc1ccccc1. The molecule has 0 heterocycles. The molecule has 0 amide bonds. The molecule has 3 heteroatoms. The van der Waals surface area contributed by atoms with Crippen LogP contribution in [0.15, 0.2) is 30.3 Å². The monoisotopic (exact) mass is 223 g/mol. The minimum Gasteiger partial charge on any atom is -0.395 e. The molecule has 16 heavy (non-hydrogen) atoms. The van der Waals surface area contributed by atoms with Gasteiger partial charge in [0.05, 0.1) is 19.8 Å². The van der Waals surface area contributed by atoms with Crippen LogP contribution in [0.5, 0.6) is 0 Å². The number of hydrogen-bond acceptors (Lipinski definition) is 3. The molecule has 0 aliphatic heterocycles. The molecule has 0 saturated carbocycles. The lowest BCUT2D eigenvalue weighted by Crippen LogP contribution is -2.34. The van der Waals surface area contributed by atoms with E-state index in [2.05, 4.69) is 17.0 Å². The smallest absolute Gasteiger partial charge is 0.0717 e. The fourth-order valence-corrected chi connectivity index (χ4v) is 1.33. The molecule has 0 aromatic heterocycles. The van der Waals surface area contributed by atoms with E-state index in [0.29, 0.717) is 13.2 Å². The minimum absolute atomic E-state index is 0.190. The predicted octanol–water partition coefficient (Wildman–Crippen LogP) is 1.52. The normalized spacial score (nSPS) is 13.0. The second kappa shape index (κ2) is 7.39. The predicted molar refractivity (Wildman–Crippen MR) is 65.3 cm³/mol. The summed E-state index contributed by atoms with van der Waals surface area (Å²) in [6, 6.07) is 10.3. The number of nitrogens with zero attached hydrogens (tertiary/aromatic N) is 1. The Hall–Kier alpha value is -0.900. The molecule has 0 radical (unpaired) electrons. The summed E-state index contributed by atoms with van der Waals surface area (Å²) >= 11 is 0. The minimum atomic E-state index is 0.190. The van der Waals surface area contributed by atoms with Crippen LogP contribution in [0.25, 0.3) is 0 Å². The first-order chi connectivity index (χ1) is 7.74. The van der Waals surface area contributed by atoms with Crippen LogP contribution in [0, 0.1) is 0 Å². The molecule has 1 aromatic rings. The zero-order valence-electron chi connectivity index (χ0n) is 10.1. The van der Waals surface area contributed by atoms with Crippen molar-refractivity contribution < 1.29 is 9.84 Å². The summed E-state index contributed by atoms with van der Waals surface area (Å²) in [5.74, 6) is 0. The molecule has 1 unspecified atom stereocenters. The van der Waals surface area contributed by atoms with Crippen LogP contribution in [-0.2, 0) is 11.3 Å². The van der Waals surface area contributed by atoms with Crippen LogP contribution < -0.4 is 0 Å². The Morgan fingerprint density at radius 1 is 1.31 bits per heavy atom. The molecule has 1 aromatic carbocycles. The van der Waals surface area contributed by atoms with Gasteiger partial charge >= 0.3 is 0 Å². The van der Waals surface area contributed by atoms with E-state index in [1.54, 1.807) is 0 Å². The van der Waals surface area contributed by atoms with Crippen molar-refractivity contribution in [3.05, 3.63) is 35.9 Å². The van der Waals surface area contributed by atoms with E-state index < -0.39 is 0 Å². The number of aliphatic hydroxyl groups excluding tert-OH is 1. The zero-order chi connectivity index (χ0) is 11.8.